The van der Waals surface area contributed by atoms with Crippen LogP contribution in [0.25, 0.3) is 0 Å². The molecular formula is C14H19FN2O2. The Morgan fingerprint density at radius 1 is 1.37 bits per heavy atom. The van der Waals surface area contributed by atoms with Crippen LogP contribution in [0.1, 0.15) is 5.56 Å². The molecule has 4 nitrogen and oxygen atoms in total. The Morgan fingerprint density at radius 2 is 2.16 bits per heavy atom. The van der Waals surface area contributed by atoms with Crippen LogP contribution in [0.5, 0.6) is 0 Å². The molecule has 0 aromatic heterocycles. The van der Waals surface area contributed by atoms with E-state index in [0.717, 1.165) is 31.7 Å². The van der Waals surface area contributed by atoms with E-state index >= 15 is 0 Å². The van der Waals surface area contributed by atoms with Gasteiger partial charge in [0.1, 0.15) is 5.82 Å². The first kappa shape index (κ1) is 14.0. The van der Waals surface area contributed by atoms with Crippen LogP contribution < -0.4 is 5.32 Å². The van der Waals surface area contributed by atoms with Crippen molar-refractivity contribution in [2.45, 2.75) is 6.42 Å². The Labute approximate surface area is 112 Å². The van der Waals surface area contributed by atoms with Crippen molar-refractivity contribution in [1.82, 2.24) is 10.2 Å². The maximum atomic E-state index is 12.9. The van der Waals surface area contributed by atoms with Crippen LogP contribution >= 0.6 is 0 Å². The molecule has 104 valence electrons. The van der Waals surface area contributed by atoms with Crippen molar-refractivity contribution in [3.63, 3.8) is 0 Å². The number of rotatable bonds is 5. The number of carbonyl (C=O) groups is 1. The Bertz CT molecular complexity index is 420. The Kier molecular flexibility index (Phi) is 5.30. The van der Waals surface area contributed by atoms with E-state index in [-0.39, 0.29) is 11.8 Å². The van der Waals surface area contributed by atoms with Crippen LogP contribution in [0, 0.1) is 5.82 Å². The van der Waals surface area contributed by atoms with Gasteiger partial charge in [0.05, 0.1) is 13.2 Å². The van der Waals surface area contributed by atoms with Gasteiger partial charge in [-0.1, -0.05) is 12.1 Å². The first-order chi connectivity index (χ1) is 9.24. The van der Waals surface area contributed by atoms with Crippen molar-refractivity contribution >= 4 is 5.97 Å². The molecule has 0 radical (unpaired) electrons. The smallest absolute Gasteiger partial charge is 0.320 e. The van der Waals surface area contributed by atoms with Gasteiger partial charge in [-0.05, 0) is 17.7 Å². The second kappa shape index (κ2) is 7.21. The minimum atomic E-state index is -0.260. The number of nitrogens with zero attached hydrogens (tertiary/aromatic N) is 1. The zero-order valence-corrected chi connectivity index (χ0v) is 10.9. The third-order valence-electron chi connectivity index (χ3n) is 3.11. The average Bonchev–Trinajstić information content (AvgIpc) is 2.40. The molecule has 19 heavy (non-hydrogen) atoms. The number of carbonyl (C=O) groups excluding carboxylic acids is 1. The maximum Gasteiger partial charge on any atom is 0.320 e. The lowest BCUT2D eigenvalue weighted by molar-refractivity contribution is -0.145. The predicted octanol–water partition coefficient (Wildman–Crippen LogP) is 0.817. The van der Waals surface area contributed by atoms with E-state index in [9.17, 15) is 9.18 Å². The molecule has 2 rings (SSSR count). The number of esters is 1. The molecule has 0 atom stereocenters. The van der Waals surface area contributed by atoms with Gasteiger partial charge < -0.3 is 10.1 Å². The normalized spacial score (nSPS) is 16.3. The lowest BCUT2D eigenvalue weighted by Gasteiger charge is -2.25. The van der Waals surface area contributed by atoms with E-state index in [1.807, 2.05) is 6.07 Å². The second-order valence-corrected chi connectivity index (χ2v) is 4.63. The molecule has 1 N–H and O–H groups in total. The summed E-state index contributed by atoms with van der Waals surface area (Å²) < 4.78 is 18.1. The van der Waals surface area contributed by atoms with Gasteiger partial charge in [0.15, 0.2) is 0 Å². The lowest BCUT2D eigenvalue weighted by atomic mass is 10.2. The summed E-state index contributed by atoms with van der Waals surface area (Å²) in [6.07, 6.45) is 0.547. The third-order valence-corrected chi connectivity index (χ3v) is 3.11. The van der Waals surface area contributed by atoms with E-state index in [1.165, 1.54) is 12.1 Å². The van der Waals surface area contributed by atoms with Crippen LogP contribution in [0.15, 0.2) is 24.3 Å². The number of piperazine rings is 1. The minimum Gasteiger partial charge on any atom is -0.464 e. The maximum absolute atomic E-state index is 12.9. The lowest BCUT2D eigenvalue weighted by Crippen LogP contribution is -2.45. The highest BCUT2D eigenvalue weighted by Crippen LogP contribution is 2.04. The average molecular weight is 266 g/mol. The molecule has 5 heteroatoms. The van der Waals surface area contributed by atoms with E-state index in [1.54, 1.807) is 6.07 Å². The quantitative estimate of drug-likeness (QED) is 0.801. The topological polar surface area (TPSA) is 41.6 Å². The molecule has 1 fully saturated rings. The van der Waals surface area contributed by atoms with Crippen molar-refractivity contribution in [1.29, 1.82) is 0 Å². The number of hydrogen-bond acceptors (Lipinski definition) is 4. The second-order valence-electron chi connectivity index (χ2n) is 4.63. The van der Waals surface area contributed by atoms with Crippen molar-refractivity contribution in [2.75, 3.05) is 39.3 Å². The van der Waals surface area contributed by atoms with E-state index in [2.05, 4.69) is 10.2 Å². The summed E-state index contributed by atoms with van der Waals surface area (Å²) in [7, 11) is 0. The Morgan fingerprint density at radius 3 is 2.89 bits per heavy atom. The van der Waals surface area contributed by atoms with Crippen molar-refractivity contribution in [3.05, 3.63) is 35.6 Å². The van der Waals surface area contributed by atoms with Crippen LogP contribution in [0.2, 0.25) is 0 Å². The van der Waals surface area contributed by atoms with Crippen LogP contribution in [-0.2, 0) is 16.0 Å². The monoisotopic (exact) mass is 266 g/mol. The van der Waals surface area contributed by atoms with Crippen LogP contribution in [0.3, 0.4) is 0 Å². The highest BCUT2D eigenvalue weighted by Gasteiger charge is 2.14. The summed E-state index contributed by atoms with van der Waals surface area (Å²) in [5.74, 6) is -0.469. The highest BCUT2D eigenvalue weighted by molar-refractivity contribution is 5.71. The molecule has 0 aliphatic carbocycles. The predicted molar refractivity (Wildman–Crippen MR) is 70.4 cm³/mol. The first-order valence-electron chi connectivity index (χ1n) is 6.57. The van der Waals surface area contributed by atoms with Gasteiger partial charge in [-0.2, -0.15) is 0 Å². The summed E-state index contributed by atoms with van der Waals surface area (Å²) in [5.41, 5.74) is 0.843. The van der Waals surface area contributed by atoms with Gasteiger partial charge in [0.2, 0.25) is 0 Å². The molecule has 1 heterocycles. The van der Waals surface area contributed by atoms with Crippen molar-refractivity contribution in [3.8, 4) is 0 Å². The van der Waals surface area contributed by atoms with Gasteiger partial charge in [0, 0.05) is 32.6 Å². The fraction of sp³-hybridized carbons (Fsp3) is 0.500. The number of ether oxygens (including phenoxy) is 1. The van der Waals surface area contributed by atoms with Crippen molar-refractivity contribution < 1.29 is 13.9 Å². The number of nitrogens with one attached hydrogen (secondary N) is 1. The molecule has 0 bridgehead atoms. The van der Waals surface area contributed by atoms with E-state index in [4.69, 9.17) is 4.74 Å². The zero-order chi connectivity index (χ0) is 13.5. The SMILES string of the molecule is O=C(CN1CCNCC1)OCCc1cccc(F)c1. The van der Waals surface area contributed by atoms with Gasteiger partial charge in [0.25, 0.3) is 0 Å². The molecular weight excluding hydrogens is 247 g/mol. The first-order valence-corrected chi connectivity index (χ1v) is 6.57. The minimum absolute atomic E-state index is 0.210. The number of benzene rings is 1. The van der Waals surface area contributed by atoms with E-state index < -0.39 is 0 Å². The summed E-state index contributed by atoms with van der Waals surface area (Å²) in [6, 6.07) is 6.35. The summed E-state index contributed by atoms with van der Waals surface area (Å²) >= 11 is 0. The fourth-order valence-corrected chi connectivity index (χ4v) is 2.07. The molecule has 1 saturated heterocycles. The zero-order valence-electron chi connectivity index (χ0n) is 10.9. The number of halogens is 1. The van der Waals surface area contributed by atoms with Crippen molar-refractivity contribution in [2.24, 2.45) is 0 Å². The summed E-state index contributed by atoms with van der Waals surface area (Å²) in [5, 5.41) is 3.23. The van der Waals surface area contributed by atoms with Gasteiger partial charge >= 0.3 is 5.97 Å². The standard InChI is InChI=1S/C14H19FN2O2/c15-13-3-1-2-12(10-13)4-9-19-14(18)11-17-7-5-16-6-8-17/h1-3,10,16H,4-9,11H2. The summed E-state index contributed by atoms with van der Waals surface area (Å²) in [4.78, 5) is 13.7. The van der Waals surface area contributed by atoms with Crippen LogP contribution in [-0.4, -0.2) is 50.2 Å². The molecule has 1 aromatic rings. The molecule has 1 aliphatic heterocycles. The Balaban J connectivity index is 1.66. The van der Waals surface area contributed by atoms with E-state index in [0.29, 0.717) is 19.6 Å². The summed E-state index contributed by atoms with van der Waals surface area (Å²) in [6.45, 7) is 4.21. The highest BCUT2D eigenvalue weighted by atomic mass is 19.1. The molecule has 0 amide bonds. The third kappa shape index (κ3) is 4.96. The fourth-order valence-electron chi connectivity index (χ4n) is 2.07. The molecule has 0 spiro atoms. The molecule has 0 unspecified atom stereocenters. The van der Waals surface area contributed by atoms with Gasteiger partial charge in [-0.3, -0.25) is 9.69 Å². The largest absolute Gasteiger partial charge is 0.464 e. The molecule has 0 saturated carbocycles. The Hall–Kier alpha value is -1.46. The van der Waals surface area contributed by atoms with Gasteiger partial charge in [-0.15, -0.1) is 0 Å². The molecule has 1 aliphatic rings. The number of hydrogen-bond donors (Lipinski definition) is 1. The van der Waals surface area contributed by atoms with Gasteiger partial charge in [-0.25, -0.2) is 4.39 Å². The van der Waals surface area contributed by atoms with Crippen LogP contribution in [0.4, 0.5) is 4.39 Å². The molecule has 1 aromatic carbocycles.